The van der Waals surface area contributed by atoms with Gasteiger partial charge in [-0.15, -0.1) is 0 Å². The Hall–Kier alpha value is -1.06. The number of nitrogens with zero attached hydrogens (tertiary/aromatic N) is 1. The van der Waals surface area contributed by atoms with Crippen molar-refractivity contribution in [3.63, 3.8) is 0 Å². The molecule has 0 aromatic heterocycles. The summed E-state index contributed by atoms with van der Waals surface area (Å²) in [5, 5.41) is 18.2. The van der Waals surface area contributed by atoms with Crippen LogP contribution >= 0.6 is 0 Å². The normalized spacial score (nSPS) is 11.6. The third-order valence-electron chi connectivity index (χ3n) is 2.00. The first-order valence-corrected chi connectivity index (χ1v) is 4.32. The van der Waals surface area contributed by atoms with Crippen LogP contribution in [0.3, 0.4) is 0 Å². The lowest BCUT2D eigenvalue weighted by Crippen LogP contribution is -2.31. The van der Waals surface area contributed by atoms with Crippen molar-refractivity contribution >= 4 is 5.69 Å². The van der Waals surface area contributed by atoms with Crippen molar-refractivity contribution < 1.29 is 10.2 Å². The topological polar surface area (TPSA) is 43.7 Å². The summed E-state index contributed by atoms with van der Waals surface area (Å²) in [7, 11) is 1.80. The maximum atomic E-state index is 9.54. The van der Waals surface area contributed by atoms with Crippen LogP contribution in [-0.2, 0) is 0 Å². The summed E-state index contributed by atoms with van der Waals surface area (Å²) in [6.45, 7) is -0.00165. The molecule has 0 saturated heterocycles. The maximum Gasteiger partial charge on any atom is 0.128 e. The Balaban J connectivity index is 0.00000169. The molecule has 0 bridgehead atoms. The molecule has 3 heteroatoms. The second-order valence-electron chi connectivity index (χ2n) is 2.94. The molecule has 3 nitrogen and oxygen atoms in total. The van der Waals surface area contributed by atoms with Crippen LogP contribution in [-0.4, -0.2) is 30.1 Å². The van der Waals surface area contributed by atoms with E-state index in [1.807, 2.05) is 30.3 Å². The molecule has 0 spiro atoms. The van der Waals surface area contributed by atoms with Crippen LogP contribution in [0.5, 0.6) is 0 Å². The van der Waals surface area contributed by atoms with Crippen LogP contribution in [0.4, 0.5) is 5.69 Å². The van der Waals surface area contributed by atoms with E-state index in [9.17, 15) is 5.11 Å². The van der Waals surface area contributed by atoms with Gasteiger partial charge in [-0.25, -0.2) is 0 Å². The molecule has 0 heterocycles. The number of para-hydroxylation sites is 1. The van der Waals surface area contributed by atoms with E-state index in [-0.39, 0.29) is 14.0 Å². The van der Waals surface area contributed by atoms with Crippen molar-refractivity contribution in [3.05, 3.63) is 30.3 Å². The molecule has 0 saturated carbocycles. The molecule has 0 aliphatic rings. The van der Waals surface area contributed by atoms with Crippen molar-refractivity contribution in [2.24, 2.45) is 0 Å². The van der Waals surface area contributed by atoms with Crippen LogP contribution in [0.2, 0.25) is 0 Å². The van der Waals surface area contributed by atoms with Crippen molar-refractivity contribution in [2.45, 2.75) is 20.1 Å². The average Bonchev–Trinajstić information content (AvgIpc) is 2.18. The fourth-order valence-corrected chi connectivity index (χ4v) is 1.14. The van der Waals surface area contributed by atoms with Crippen LogP contribution in [0.15, 0.2) is 30.3 Å². The first-order chi connectivity index (χ1) is 6.25. The molecular weight excluding hydrogens is 178 g/mol. The van der Waals surface area contributed by atoms with Gasteiger partial charge in [0.15, 0.2) is 0 Å². The van der Waals surface area contributed by atoms with Crippen molar-refractivity contribution in [1.29, 1.82) is 0 Å². The predicted octanol–water partition coefficient (Wildman–Crippen LogP) is 1.46. The number of hydrogen-bond donors (Lipinski definition) is 2. The molecule has 0 aliphatic carbocycles. The monoisotopic (exact) mass is 197 g/mol. The predicted molar refractivity (Wildman–Crippen MR) is 59.3 cm³/mol. The summed E-state index contributed by atoms with van der Waals surface area (Å²) in [5.74, 6) is 0. The smallest absolute Gasteiger partial charge is 0.128 e. The maximum absolute atomic E-state index is 9.54. The van der Waals surface area contributed by atoms with E-state index in [0.29, 0.717) is 6.42 Å². The Morgan fingerprint density at radius 3 is 2.36 bits per heavy atom. The first-order valence-electron chi connectivity index (χ1n) is 4.32. The zero-order valence-electron chi connectivity index (χ0n) is 7.72. The van der Waals surface area contributed by atoms with Crippen LogP contribution < -0.4 is 4.90 Å². The minimum absolute atomic E-state index is 0. The third kappa shape index (κ3) is 3.36. The number of aliphatic hydroxyl groups excluding tert-OH is 2. The lowest BCUT2D eigenvalue weighted by molar-refractivity contribution is 0.133. The molecule has 1 rings (SSSR count). The molecule has 0 radical (unpaired) electrons. The largest absolute Gasteiger partial charge is 0.396 e. The SMILES string of the molecule is C.CN(c1ccccc1)C(O)CCO. The van der Waals surface area contributed by atoms with E-state index in [4.69, 9.17) is 5.11 Å². The van der Waals surface area contributed by atoms with Gasteiger partial charge in [0.2, 0.25) is 0 Å². The van der Waals surface area contributed by atoms with Gasteiger partial charge in [-0.05, 0) is 12.1 Å². The second kappa shape index (κ2) is 6.40. The van der Waals surface area contributed by atoms with E-state index < -0.39 is 6.23 Å². The van der Waals surface area contributed by atoms with E-state index in [0.717, 1.165) is 5.69 Å². The summed E-state index contributed by atoms with van der Waals surface area (Å²) in [5.41, 5.74) is 0.948. The van der Waals surface area contributed by atoms with Gasteiger partial charge in [0.05, 0.1) is 0 Å². The van der Waals surface area contributed by atoms with Crippen molar-refractivity contribution in [1.82, 2.24) is 0 Å². The first kappa shape index (κ1) is 12.9. The lowest BCUT2D eigenvalue weighted by atomic mass is 10.2. The quantitative estimate of drug-likeness (QED) is 0.718. The minimum Gasteiger partial charge on any atom is -0.396 e. The van der Waals surface area contributed by atoms with Gasteiger partial charge in [0, 0.05) is 25.8 Å². The highest BCUT2D eigenvalue weighted by molar-refractivity contribution is 5.45. The highest BCUT2D eigenvalue weighted by atomic mass is 16.3. The Morgan fingerprint density at radius 1 is 1.29 bits per heavy atom. The van der Waals surface area contributed by atoms with Gasteiger partial charge in [-0.3, -0.25) is 0 Å². The van der Waals surface area contributed by atoms with E-state index in [1.54, 1.807) is 11.9 Å². The van der Waals surface area contributed by atoms with Crippen LogP contribution in [0, 0.1) is 0 Å². The minimum atomic E-state index is -0.618. The number of hydrogen-bond acceptors (Lipinski definition) is 3. The highest BCUT2D eigenvalue weighted by Crippen LogP contribution is 2.13. The van der Waals surface area contributed by atoms with Gasteiger partial charge in [-0.2, -0.15) is 0 Å². The van der Waals surface area contributed by atoms with E-state index >= 15 is 0 Å². The molecular formula is C11H19NO2. The Morgan fingerprint density at radius 2 is 1.86 bits per heavy atom. The lowest BCUT2D eigenvalue weighted by Gasteiger charge is -2.24. The second-order valence-corrected chi connectivity index (χ2v) is 2.94. The van der Waals surface area contributed by atoms with Gasteiger partial charge >= 0.3 is 0 Å². The Kier molecular flexibility index (Phi) is 5.92. The summed E-state index contributed by atoms with van der Waals surface area (Å²) in [4.78, 5) is 1.73. The highest BCUT2D eigenvalue weighted by Gasteiger charge is 2.09. The summed E-state index contributed by atoms with van der Waals surface area (Å²) >= 11 is 0. The molecule has 1 aromatic carbocycles. The molecule has 80 valence electrons. The van der Waals surface area contributed by atoms with Gasteiger partial charge in [0.1, 0.15) is 6.23 Å². The molecule has 0 aliphatic heterocycles. The summed E-state index contributed by atoms with van der Waals surface area (Å²) < 4.78 is 0. The zero-order valence-corrected chi connectivity index (χ0v) is 7.72. The number of benzene rings is 1. The van der Waals surface area contributed by atoms with Crippen molar-refractivity contribution in [3.8, 4) is 0 Å². The summed E-state index contributed by atoms with van der Waals surface area (Å²) in [6.07, 6.45) is -0.252. The van der Waals surface area contributed by atoms with Gasteiger partial charge in [-0.1, -0.05) is 25.6 Å². The molecule has 1 aromatic rings. The molecule has 1 unspecified atom stereocenters. The molecule has 2 N–H and O–H groups in total. The van der Waals surface area contributed by atoms with E-state index in [1.165, 1.54) is 0 Å². The molecule has 1 atom stereocenters. The molecule has 0 fully saturated rings. The standard InChI is InChI=1S/C10H15NO2.CH4/c1-11(10(13)7-8-12)9-5-3-2-4-6-9;/h2-6,10,12-13H,7-8H2,1H3;1H4. The van der Waals surface area contributed by atoms with Gasteiger partial charge < -0.3 is 15.1 Å². The zero-order chi connectivity index (χ0) is 9.68. The third-order valence-corrected chi connectivity index (χ3v) is 2.00. The average molecular weight is 197 g/mol. The molecule has 14 heavy (non-hydrogen) atoms. The summed E-state index contributed by atoms with van der Waals surface area (Å²) in [6, 6.07) is 9.59. The number of rotatable bonds is 4. The van der Waals surface area contributed by atoms with Crippen LogP contribution in [0.1, 0.15) is 13.8 Å². The van der Waals surface area contributed by atoms with Crippen LogP contribution in [0.25, 0.3) is 0 Å². The fourth-order valence-electron chi connectivity index (χ4n) is 1.14. The van der Waals surface area contributed by atoms with E-state index in [2.05, 4.69) is 0 Å². The Bertz CT molecular complexity index is 238. The Labute approximate surface area is 85.6 Å². The fraction of sp³-hybridized carbons (Fsp3) is 0.455. The number of anilines is 1. The number of aliphatic hydroxyl groups is 2. The van der Waals surface area contributed by atoms with Gasteiger partial charge in [0.25, 0.3) is 0 Å². The molecule has 0 amide bonds. The van der Waals surface area contributed by atoms with Crippen molar-refractivity contribution in [2.75, 3.05) is 18.6 Å².